The lowest BCUT2D eigenvalue weighted by molar-refractivity contribution is -0.146. The van der Waals surface area contributed by atoms with Gasteiger partial charge in [0.1, 0.15) is 0 Å². The summed E-state index contributed by atoms with van der Waals surface area (Å²) in [5, 5.41) is 11.2. The summed E-state index contributed by atoms with van der Waals surface area (Å²) in [6.07, 6.45) is 0.436. The van der Waals surface area contributed by atoms with Gasteiger partial charge in [-0.25, -0.2) is 0 Å². The van der Waals surface area contributed by atoms with Crippen LogP contribution in [-0.4, -0.2) is 18.5 Å². The fraction of sp³-hybridized carbons (Fsp3) is 0.167. The Kier molecular flexibility index (Phi) is 6.52. The molecule has 2 rings (SSSR count). The Bertz CT molecular complexity index is 749. The molecule has 0 saturated carbocycles. The molecule has 0 spiro atoms. The van der Waals surface area contributed by atoms with Gasteiger partial charge in [0.15, 0.2) is 6.61 Å². The van der Waals surface area contributed by atoms with Gasteiger partial charge >= 0.3 is 5.97 Å². The second kappa shape index (κ2) is 8.85. The number of halogens is 1. The first-order chi connectivity index (χ1) is 11.6. The minimum absolute atomic E-state index is 0.115. The summed E-state index contributed by atoms with van der Waals surface area (Å²) in [5.41, 5.74) is 2.28. The SMILES string of the molecule is N#CCc1ccc(NC(=O)COC(=O)Cc2ccc(Br)cc2)cc1. The Hall–Kier alpha value is -2.65. The number of ether oxygens (including phenoxy) is 1. The molecule has 1 amide bonds. The number of benzene rings is 2. The zero-order chi connectivity index (χ0) is 17.4. The number of carbonyl (C=O) groups excluding carboxylic acids is 2. The summed E-state index contributed by atoms with van der Waals surface area (Å²) in [6.45, 7) is -0.338. The Labute approximate surface area is 148 Å². The predicted octanol–water partition coefficient (Wildman–Crippen LogP) is 3.24. The minimum atomic E-state index is -0.461. The largest absolute Gasteiger partial charge is 0.455 e. The molecule has 0 atom stereocenters. The van der Waals surface area contributed by atoms with Crippen LogP contribution in [0.5, 0.6) is 0 Å². The number of anilines is 1. The topological polar surface area (TPSA) is 79.2 Å². The second-order valence-electron chi connectivity index (χ2n) is 5.04. The molecule has 1 N–H and O–H groups in total. The molecule has 0 radical (unpaired) electrons. The molecule has 0 saturated heterocycles. The van der Waals surface area contributed by atoms with E-state index in [-0.39, 0.29) is 13.0 Å². The van der Waals surface area contributed by atoms with Crippen LogP contribution in [-0.2, 0) is 27.2 Å². The Morgan fingerprint density at radius 1 is 1.04 bits per heavy atom. The van der Waals surface area contributed by atoms with Crippen molar-refractivity contribution in [3.63, 3.8) is 0 Å². The summed E-state index contributed by atoms with van der Waals surface area (Å²) >= 11 is 3.32. The van der Waals surface area contributed by atoms with Gasteiger partial charge in [-0.15, -0.1) is 0 Å². The number of hydrogen-bond donors (Lipinski definition) is 1. The maximum absolute atomic E-state index is 11.8. The molecule has 2 aromatic rings. The minimum Gasteiger partial charge on any atom is -0.455 e. The number of amides is 1. The second-order valence-corrected chi connectivity index (χ2v) is 5.96. The highest BCUT2D eigenvalue weighted by atomic mass is 79.9. The summed E-state index contributed by atoms with van der Waals surface area (Å²) in [6, 6.07) is 16.3. The van der Waals surface area contributed by atoms with E-state index in [2.05, 4.69) is 27.3 Å². The van der Waals surface area contributed by atoms with E-state index < -0.39 is 11.9 Å². The Morgan fingerprint density at radius 3 is 2.29 bits per heavy atom. The monoisotopic (exact) mass is 386 g/mol. The number of nitriles is 1. The normalized spacial score (nSPS) is 9.83. The highest BCUT2D eigenvalue weighted by Crippen LogP contribution is 2.12. The molecular formula is C18H15BrN2O3. The van der Waals surface area contributed by atoms with E-state index in [1.54, 1.807) is 24.3 Å². The van der Waals surface area contributed by atoms with E-state index in [1.807, 2.05) is 24.3 Å². The average Bonchev–Trinajstić information content (AvgIpc) is 2.57. The van der Waals surface area contributed by atoms with Gasteiger partial charge in [0.05, 0.1) is 18.9 Å². The third-order valence-electron chi connectivity index (χ3n) is 3.15. The number of rotatable bonds is 6. The zero-order valence-corrected chi connectivity index (χ0v) is 14.4. The Balaban J connectivity index is 1.77. The molecule has 0 aliphatic carbocycles. The van der Waals surface area contributed by atoms with Crippen molar-refractivity contribution in [1.82, 2.24) is 0 Å². The van der Waals surface area contributed by atoms with Gasteiger partial charge in [0.2, 0.25) is 0 Å². The number of esters is 1. The van der Waals surface area contributed by atoms with Crippen LogP contribution < -0.4 is 5.32 Å². The van der Waals surface area contributed by atoms with Crippen molar-refractivity contribution >= 4 is 33.5 Å². The average molecular weight is 387 g/mol. The molecule has 0 aliphatic heterocycles. The van der Waals surface area contributed by atoms with Crippen LogP contribution in [0.25, 0.3) is 0 Å². The molecule has 6 heteroatoms. The van der Waals surface area contributed by atoms with Gasteiger partial charge in [-0.1, -0.05) is 40.2 Å². The fourth-order valence-corrected chi connectivity index (χ4v) is 2.22. The van der Waals surface area contributed by atoms with Crippen LogP contribution in [0.3, 0.4) is 0 Å². The fourth-order valence-electron chi connectivity index (χ4n) is 1.96. The molecule has 24 heavy (non-hydrogen) atoms. The summed E-state index contributed by atoms with van der Waals surface area (Å²) in [7, 11) is 0. The smallest absolute Gasteiger partial charge is 0.310 e. The first-order valence-electron chi connectivity index (χ1n) is 7.22. The number of carbonyl (C=O) groups is 2. The first kappa shape index (κ1) is 17.7. The van der Waals surface area contributed by atoms with Crippen molar-refractivity contribution in [2.45, 2.75) is 12.8 Å². The summed E-state index contributed by atoms with van der Waals surface area (Å²) < 4.78 is 5.90. The van der Waals surface area contributed by atoms with E-state index in [9.17, 15) is 9.59 Å². The van der Waals surface area contributed by atoms with E-state index in [1.165, 1.54) is 0 Å². The Morgan fingerprint density at radius 2 is 1.67 bits per heavy atom. The standard InChI is InChI=1S/C18H15BrN2O3/c19-15-5-1-14(2-6-15)11-18(23)24-12-17(22)21-16-7-3-13(4-8-16)9-10-20/h1-8H,9,11-12H2,(H,21,22). The van der Waals surface area contributed by atoms with E-state index in [0.29, 0.717) is 12.1 Å². The molecule has 122 valence electrons. The lowest BCUT2D eigenvalue weighted by Crippen LogP contribution is -2.21. The van der Waals surface area contributed by atoms with E-state index in [0.717, 1.165) is 15.6 Å². The van der Waals surface area contributed by atoms with Crippen molar-refractivity contribution in [2.75, 3.05) is 11.9 Å². The van der Waals surface area contributed by atoms with Gasteiger partial charge in [-0.05, 0) is 35.4 Å². The molecule has 0 heterocycles. The third-order valence-corrected chi connectivity index (χ3v) is 3.68. The van der Waals surface area contributed by atoms with Gasteiger partial charge in [0.25, 0.3) is 5.91 Å². The van der Waals surface area contributed by atoms with Crippen molar-refractivity contribution in [1.29, 1.82) is 5.26 Å². The van der Waals surface area contributed by atoms with Crippen LogP contribution in [0.2, 0.25) is 0 Å². The number of nitrogens with zero attached hydrogens (tertiary/aromatic N) is 1. The van der Waals surface area contributed by atoms with Gasteiger partial charge in [0, 0.05) is 10.2 Å². The van der Waals surface area contributed by atoms with Crippen molar-refractivity contribution in [3.05, 3.63) is 64.1 Å². The number of hydrogen-bond acceptors (Lipinski definition) is 4. The van der Waals surface area contributed by atoms with Crippen molar-refractivity contribution in [2.24, 2.45) is 0 Å². The van der Waals surface area contributed by atoms with Gasteiger partial charge in [-0.3, -0.25) is 9.59 Å². The third kappa shape index (κ3) is 5.86. The zero-order valence-electron chi connectivity index (χ0n) is 12.8. The predicted molar refractivity (Wildman–Crippen MR) is 93.2 cm³/mol. The number of nitrogens with one attached hydrogen (secondary N) is 1. The summed E-state index contributed by atoms with van der Waals surface area (Å²) in [5.74, 6) is -0.871. The lowest BCUT2D eigenvalue weighted by atomic mass is 10.1. The van der Waals surface area contributed by atoms with Crippen LogP contribution in [0, 0.1) is 11.3 Å². The first-order valence-corrected chi connectivity index (χ1v) is 8.02. The van der Waals surface area contributed by atoms with Crippen LogP contribution >= 0.6 is 15.9 Å². The molecule has 2 aromatic carbocycles. The maximum Gasteiger partial charge on any atom is 0.310 e. The molecule has 0 aromatic heterocycles. The van der Waals surface area contributed by atoms with Gasteiger partial charge in [-0.2, -0.15) is 5.26 Å². The van der Waals surface area contributed by atoms with Crippen molar-refractivity contribution in [3.8, 4) is 6.07 Å². The highest BCUT2D eigenvalue weighted by Gasteiger charge is 2.09. The molecule has 0 aliphatic rings. The summed E-state index contributed by atoms with van der Waals surface area (Å²) in [4.78, 5) is 23.5. The molecular weight excluding hydrogens is 372 g/mol. The van der Waals surface area contributed by atoms with Gasteiger partial charge < -0.3 is 10.1 Å². The van der Waals surface area contributed by atoms with E-state index in [4.69, 9.17) is 10.00 Å². The lowest BCUT2D eigenvalue weighted by Gasteiger charge is -2.07. The maximum atomic E-state index is 11.8. The quantitative estimate of drug-likeness (QED) is 0.772. The van der Waals surface area contributed by atoms with Crippen molar-refractivity contribution < 1.29 is 14.3 Å². The molecule has 5 nitrogen and oxygen atoms in total. The molecule has 0 bridgehead atoms. The highest BCUT2D eigenvalue weighted by molar-refractivity contribution is 9.10. The van der Waals surface area contributed by atoms with Crippen LogP contribution in [0.15, 0.2) is 53.0 Å². The van der Waals surface area contributed by atoms with Crippen LogP contribution in [0.1, 0.15) is 11.1 Å². The van der Waals surface area contributed by atoms with E-state index >= 15 is 0 Å². The molecule has 0 fully saturated rings. The van der Waals surface area contributed by atoms with Crippen LogP contribution in [0.4, 0.5) is 5.69 Å². The molecule has 0 unspecified atom stereocenters.